The van der Waals surface area contributed by atoms with Gasteiger partial charge in [-0.3, -0.25) is 4.99 Å². The molecule has 0 saturated carbocycles. The lowest BCUT2D eigenvalue weighted by Gasteiger charge is -2.24. The molecule has 0 aliphatic carbocycles. The standard InChI is InChI=1S/C16H25N3O.HI/c1-6-11-20-14-10-8-7-9-13(14)12-18-15(17-5)19-16(2,3)4;/h6-10H,1,11-12H2,2-5H3,(H2,17,18,19);1H. The molecule has 0 aromatic heterocycles. The number of ether oxygens (including phenoxy) is 1. The van der Waals surface area contributed by atoms with E-state index in [0.29, 0.717) is 13.2 Å². The van der Waals surface area contributed by atoms with Crippen LogP contribution in [0.1, 0.15) is 26.3 Å². The monoisotopic (exact) mass is 403 g/mol. The number of guanidine groups is 1. The van der Waals surface area contributed by atoms with Crippen molar-refractivity contribution in [2.24, 2.45) is 4.99 Å². The Labute approximate surface area is 145 Å². The first-order chi connectivity index (χ1) is 9.46. The number of hydrogen-bond acceptors (Lipinski definition) is 2. The molecule has 0 fully saturated rings. The highest BCUT2D eigenvalue weighted by Gasteiger charge is 2.12. The van der Waals surface area contributed by atoms with Crippen LogP contribution in [0.4, 0.5) is 0 Å². The molecule has 4 nitrogen and oxygen atoms in total. The Hall–Kier alpha value is -1.24. The van der Waals surface area contributed by atoms with Gasteiger partial charge in [-0.2, -0.15) is 0 Å². The second-order valence-electron chi connectivity index (χ2n) is 5.51. The molecule has 1 aromatic carbocycles. The zero-order chi connectivity index (χ0) is 15.0. The predicted octanol–water partition coefficient (Wildman–Crippen LogP) is 3.33. The lowest BCUT2D eigenvalue weighted by Crippen LogP contribution is -2.47. The Morgan fingerprint density at radius 1 is 1.33 bits per heavy atom. The van der Waals surface area contributed by atoms with Gasteiger partial charge < -0.3 is 15.4 Å². The molecular weight excluding hydrogens is 377 g/mol. The quantitative estimate of drug-likeness (QED) is 0.343. The van der Waals surface area contributed by atoms with Crippen LogP contribution in [0.15, 0.2) is 41.9 Å². The molecule has 0 atom stereocenters. The Balaban J connectivity index is 0.00000400. The summed E-state index contributed by atoms with van der Waals surface area (Å²) in [6.07, 6.45) is 1.74. The van der Waals surface area contributed by atoms with E-state index in [1.165, 1.54) is 0 Å². The number of halogens is 1. The molecule has 0 heterocycles. The van der Waals surface area contributed by atoms with Crippen molar-refractivity contribution < 1.29 is 4.74 Å². The van der Waals surface area contributed by atoms with Crippen LogP contribution in [0.5, 0.6) is 5.75 Å². The van der Waals surface area contributed by atoms with Crippen LogP contribution in [0.2, 0.25) is 0 Å². The SMILES string of the molecule is C=CCOc1ccccc1CNC(=NC)NC(C)(C)C.I. The highest BCUT2D eigenvalue weighted by atomic mass is 127. The van der Waals surface area contributed by atoms with Gasteiger partial charge in [-0.1, -0.05) is 30.9 Å². The fraction of sp³-hybridized carbons (Fsp3) is 0.438. The summed E-state index contributed by atoms with van der Waals surface area (Å²) in [7, 11) is 1.77. The Bertz CT molecular complexity index is 467. The van der Waals surface area contributed by atoms with Gasteiger partial charge in [0, 0.05) is 24.7 Å². The average molecular weight is 403 g/mol. The summed E-state index contributed by atoms with van der Waals surface area (Å²) in [4.78, 5) is 4.22. The lowest BCUT2D eigenvalue weighted by molar-refractivity contribution is 0.358. The predicted molar refractivity (Wildman–Crippen MR) is 101 cm³/mol. The number of rotatable bonds is 5. The maximum atomic E-state index is 5.63. The van der Waals surface area contributed by atoms with Crippen molar-refractivity contribution in [2.75, 3.05) is 13.7 Å². The van der Waals surface area contributed by atoms with Crippen LogP contribution >= 0.6 is 24.0 Å². The average Bonchev–Trinajstić information content (AvgIpc) is 2.40. The number of aliphatic imine (C=N–C) groups is 1. The van der Waals surface area contributed by atoms with Crippen molar-refractivity contribution in [1.29, 1.82) is 0 Å². The molecule has 0 aliphatic rings. The van der Waals surface area contributed by atoms with E-state index in [1.54, 1.807) is 13.1 Å². The van der Waals surface area contributed by atoms with E-state index in [4.69, 9.17) is 4.74 Å². The van der Waals surface area contributed by atoms with Crippen molar-refractivity contribution in [3.63, 3.8) is 0 Å². The van der Waals surface area contributed by atoms with Crippen LogP contribution in [-0.4, -0.2) is 25.2 Å². The molecule has 0 radical (unpaired) electrons. The Morgan fingerprint density at radius 2 is 2.00 bits per heavy atom. The Kier molecular flexibility index (Phi) is 9.08. The minimum atomic E-state index is -0.0271. The minimum absolute atomic E-state index is 0. The van der Waals surface area contributed by atoms with Crippen molar-refractivity contribution in [2.45, 2.75) is 32.9 Å². The van der Waals surface area contributed by atoms with E-state index >= 15 is 0 Å². The topological polar surface area (TPSA) is 45.6 Å². The zero-order valence-corrected chi connectivity index (χ0v) is 15.6. The van der Waals surface area contributed by atoms with Crippen LogP contribution in [-0.2, 0) is 6.54 Å². The summed E-state index contributed by atoms with van der Waals surface area (Å²) < 4.78 is 5.63. The Morgan fingerprint density at radius 3 is 2.57 bits per heavy atom. The van der Waals surface area contributed by atoms with E-state index in [2.05, 4.69) is 43.0 Å². The van der Waals surface area contributed by atoms with Gasteiger partial charge >= 0.3 is 0 Å². The summed E-state index contributed by atoms with van der Waals surface area (Å²) in [5, 5.41) is 6.61. The fourth-order valence-corrected chi connectivity index (χ4v) is 1.65. The number of nitrogens with zero attached hydrogens (tertiary/aromatic N) is 1. The van der Waals surface area contributed by atoms with Gasteiger partial charge in [0.25, 0.3) is 0 Å². The van der Waals surface area contributed by atoms with Gasteiger partial charge in [-0.25, -0.2) is 0 Å². The van der Waals surface area contributed by atoms with Crippen molar-refractivity contribution in [3.8, 4) is 5.75 Å². The first-order valence-electron chi connectivity index (χ1n) is 6.76. The molecule has 1 aromatic rings. The highest BCUT2D eigenvalue weighted by Crippen LogP contribution is 2.17. The molecule has 0 spiro atoms. The third-order valence-corrected chi connectivity index (χ3v) is 2.49. The smallest absolute Gasteiger partial charge is 0.191 e. The molecule has 1 rings (SSSR count). The van der Waals surface area contributed by atoms with E-state index < -0.39 is 0 Å². The van der Waals surface area contributed by atoms with E-state index in [9.17, 15) is 0 Å². The molecule has 0 saturated heterocycles. The van der Waals surface area contributed by atoms with Crippen molar-refractivity contribution in [1.82, 2.24) is 10.6 Å². The largest absolute Gasteiger partial charge is 0.489 e. The van der Waals surface area contributed by atoms with Gasteiger partial charge in [0.05, 0.1) is 0 Å². The molecule has 0 bridgehead atoms. The number of benzene rings is 1. The second-order valence-corrected chi connectivity index (χ2v) is 5.51. The molecule has 2 N–H and O–H groups in total. The zero-order valence-electron chi connectivity index (χ0n) is 13.3. The lowest BCUT2D eigenvalue weighted by atomic mass is 10.1. The first kappa shape index (κ1) is 19.8. The van der Waals surface area contributed by atoms with Gasteiger partial charge in [0.1, 0.15) is 12.4 Å². The summed E-state index contributed by atoms with van der Waals surface area (Å²) in [6, 6.07) is 7.96. The third-order valence-electron chi connectivity index (χ3n) is 2.49. The summed E-state index contributed by atoms with van der Waals surface area (Å²) in [5.74, 6) is 1.64. The summed E-state index contributed by atoms with van der Waals surface area (Å²) >= 11 is 0. The maximum Gasteiger partial charge on any atom is 0.191 e. The van der Waals surface area contributed by atoms with Gasteiger partial charge in [0.2, 0.25) is 0 Å². The number of para-hydroxylation sites is 1. The molecular formula is C16H26IN3O. The molecule has 0 amide bonds. The van der Waals surface area contributed by atoms with E-state index in [1.807, 2.05) is 24.3 Å². The molecule has 21 heavy (non-hydrogen) atoms. The fourth-order valence-electron chi connectivity index (χ4n) is 1.65. The van der Waals surface area contributed by atoms with Gasteiger partial charge in [-0.05, 0) is 26.8 Å². The molecule has 0 unspecified atom stereocenters. The van der Waals surface area contributed by atoms with E-state index in [0.717, 1.165) is 17.3 Å². The maximum absolute atomic E-state index is 5.63. The first-order valence-corrected chi connectivity index (χ1v) is 6.76. The molecule has 0 aliphatic heterocycles. The molecule has 118 valence electrons. The normalized spacial score (nSPS) is 11.3. The van der Waals surface area contributed by atoms with Crippen LogP contribution in [0.3, 0.4) is 0 Å². The second kappa shape index (κ2) is 9.65. The van der Waals surface area contributed by atoms with E-state index in [-0.39, 0.29) is 29.5 Å². The van der Waals surface area contributed by atoms with Crippen molar-refractivity contribution >= 4 is 29.9 Å². The number of nitrogens with one attached hydrogen (secondary N) is 2. The van der Waals surface area contributed by atoms with Gasteiger partial charge in [0.15, 0.2) is 5.96 Å². The minimum Gasteiger partial charge on any atom is -0.489 e. The number of hydrogen-bond donors (Lipinski definition) is 2. The van der Waals surface area contributed by atoms with Crippen molar-refractivity contribution in [3.05, 3.63) is 42.5 Å². The summed E-state index contributed by atoms with van der Waals surface area (Å²) in [6.45, 7) is 11.1. The summed E-state index contributed by atoms with van der Waals surface area (Å²) in [5.41, 5.74) is 1.06. The van der Waals surface area contributed by atoms with Crippen LogP contribution < -0.4 is 15.4 Å². The van der Waals surface area contributed by atoms with Gasteiger partial charge in [-0.15, -0.1) is 24.0 Å². The van der Waals surface area contributed by atoms with Crippen LogP contribution in [0, 0.1) is 0 Å². The highest BCUT2D eigenvalue weighted by molar-refractivity contribution is 14.0. The van der Waals surface area contributed by atoms with Crippen LogP contribution in [0.25, 0.3) is 0 Å². The molecule has 5 heteroatoms. The third kappa shape index (κ3) is 7.94.